The number of aryl methyl sites for hydroxylation is 1. The molecule has 0 radical (unpaired) electrons. The second-order valence-corrected chi connectivity index (χ2v) is 5.17. The molecular weight excluding hydrogens is 294 g/mol. The molecule has 6 nitrogen and oxygen atoms in total. The van der Waals surface area contributed by atoms with Crippen molar-refractivity contribution in [3.05, 3.63) is 65.7 Å². The monoisotopic (exact) mass is 313 g/mol. The van der Waals surface area contributed by atoms with Crippen LogP contribution in [0.5, 0.6) is 0 Å². The van der Waals surface area contributed by atoms with Gasteiger partial charge in [0.2, 0.25) is 5.91 Å². The summed E-state index contributed by atoms with van der Waals surface area (Å²) in [4.78, 5) is 23.6. The number of carbonyl (C=O) groups excluding carboxylic acids is 2. The molecule has 0 saturated carbocycles. The average Bonchev–Trinajstić information content (AvgIpc) is 2.57. The van der Waals surface area contributed by atoms with Gasteiger partial charge in [0.15, 0.2) is 0 Å². The molecule has 1 unspecified atom stereocenters. The molecule has 0 heterocycles. The number of hydrogen-bond donors (Lipinski definition) is 4. The van der Waals surface area contributed by atoms with Gasteiger partial charge in [-0.3, -0.25) is 10.0 Å². The Morgan fingerprint density at radius 1 is 1.04 bits per heavy atom. The van der Waals surface area contributed by atoms with Crippen molar-refractivity contribution in [3.63, 3.8) is 0 Å². The lowest BCUT2D eigenvalue weighted by Gasteiger charge is -2.18. The van der Waals surface area contributed by atoms with Crippen molar-refractivity contribution in [1.29, 1.82) is 0 Å². The summed E-state index contributed by atoms with van der Waals surface area (Å²) in [5, 5.41) is 14.2. The molecule has 23 heavy (non-hydrogen) atoms. The highest BCUT2D eigenvalue weighted by atomic mass is 16.5. The minimum absolute atomic E-state index is 0.0676. The molecule has 0 aliphatic heterocycles. The van der Waals surface area contributed by atoms with Gasteiger partial charge in [0.05, 0.1) is 12.5 Å². The molecule has 0 aliphatic rings. The van der Waals surface area contributed by atoms with Crippen LogP contribution in [-0.2, 0) is 4.79 Å². The SMILES string of the molecule is Cc1ccc(NC(=O)NC(CC(=O)NO)c2ccccc2)cc1. The summed E-state index contributed by atoms with van der Waals surface area (Å²) in [6.07, 6.45) is -0.0676. The quantitative estimate of drug-likeness (QED) is 0.505. The summed E-state index contributed by atoms with van der Waals surface area (Å²) < 4.78 is 0. The maximum atomic E-state index is 12.1. The third-order valence-electron chi connectivity index (χ3n) is 3.33. The van der Waals surface area contributed by atoms with Crippen LogP contribution in [0.1, 0.15) is 23.6 Å². The van der Waals surface area contributed by atoms with Crippen molar-refractivity contribution in [3.8, 4) is 0 Å². The Morgan fingerprint density at radius 2 is 1.70 bits per heavy atom. The van der Waals surface area contributed by atoms with E-state index in [4.69, 9.17) is 5.21 Å². The number of nitrogens with one attached hydrogen (secondary N) is 3. The van der Waals surface area contributed by atoms with Crippen molar-refractivity contribution >= 4 is 17.6 Å². The van der Waals surface area contributed by atoms with Crippen LogP contribution < -0.4 is 16.1 Å². The molecule has 2 rings (SSSR count). The number of carbonyl (C=O) groups is 2. The highest BCUT2D eigenvalue weighted by Gasteiger charge is 2.18. The van der Waals surface area contributed by atoms with Crippen LogP contribution in [0.2, 0.25) is 0 Å². The van der Waals surface area contributed by atoms with Crippen molar-refractivity contribution in [2.75, 3.05) is 5.32 Å². The lowest BCUT2D eigenvalue weighted by atomic mass is 10.0. The summed E-state index contributed by atoms with van der Waals surface area (Å²) >= 11 is 0. The number of anilines is 1. The lowest BCUT2D eigenvalue weighted by molar-refractivity contribution is -0.129. The van der Waals surface area contributed by atoms with Gasteiger partial charge in [0.25, 0.3) is 0 Å². The first-order valence-corrected chi connectivity index (χ1v) is 7.20. The second-order valence-electron chi connectivity index (χ2n) is 5.17. The zero-order chi connectivity index (χ0) is 16.7. The Balaban J connectivity index is 2.05. The van der Waals surface area contributed by atoms with E-state index in [0.29, 0.717) is 5.69 Å². The molecule has 4 N–H and O–H groups in total. The molecule has 1 atom stereocenters. The molecular formula is C17H19N3O3. The molecule has 3 amide bonds. The highest BCUT2D eigenvalue weighted by Crippen LogP contribution is 2.17. The first-order chi connectivity index (χ1) is 11.1. The molecule has 6 heteroatoms. The van der Waals surface area contributed by atoms with Crippen LogP contribution in [0.25, 0.3) is 0 Å². The van der Waals surface area contributed by atoms with Crippen molar-refractivity contribution in [1.82, 2.24) is 10.8 Å². The van der Waals surface area contributed by atoms with Crippen molar-refractivity contribution in [2.45, 2.75) is 19.4 Å². The number of hydroxylamine groups is 1. The van der Waals surface area contributed by atoms with Crippen LogP contribution in [0.15, 0.2) is 54.6 Å². The zero-order valence-corrected chi connectivity index (χ0v) is 12.7. The van der Waals surface area contributed by atoms with E-state index in [2.05, 4.69) is 10.6 Å². The van der Waals surface area contributed by atoms with E-state index in [1.807, 2.05) is 49.4 Å². The van der Waals surface area contributed by atoms with Gasteiger partial charge in [0, 0.05) is 5.69 Å². The van der Waals surface area contributed by atoms with Gasteiger partial charge < -0.3 is 10.6 Å². The Morgan fingerprint density at radius 3 is 2.30 bits per heavy atom. The van der Waals surface area contributed by atoms with Crippen LogP contribution in [0, 0.1) is 6.92 Å². The van der Waals surface area contributed by atoms with Gasteiger partial charge in [-0.1, -0.05) is 48.0 Å². The summed E-state index contributed by atoms with van der Waals surface area (Å²) in [6, 6.07) is 15.5. The van der Waals surface area contributed by atoms with E-state index in [-0.39, 0.29) is 6.42 Å². The second kappa shape index (κ2) is 7.95. The van der Waals surface area contributed by atoms with Gasteiger partial charge >= 0.3 is 6.03 Å². The Labute approximate surface area is 134 Å². The fraction of sp³-hybridized carbons (Fsp3) is 0.176. The summed E-state index contributed by atoms with van der Waals surface area (Å²) in [5.74, 6) is -0.575. The Kier molecular flexibility index (Phi) is 5.71. The molecule has 0 spiro atoms. The van der Waals surface area contributed by atoms with Crippen LogP contribution in [0.3, 0.4) is 0 Å². The molecule has 0 aliphatic carbocycles. The fourth-order valence-electron chi connectivity index (χ4n) is 2.13. The van der Waals surface area contributed by atoms with Crippen molar-refractivity contribution < 1.29 is 14.8 Å². The third kappa shape index (κ3) is 5.12. The smallest absolute Gasteiger partial charge is 0.319 e. The molecule has 0 aromatic heterocycles. The molecule has 0 fully saturated rings. The summed E-state index contributed by atoms with van der Waals surface area (Å²) in [5.41, 5.74) is 4.11. The maximum Gasteiger partial charge on any atom is 0.319 e. The average molecular weight is 313 g/mol. The van der Waals surface area contributed by atoms with Crippen LogP contribution in [0.4, 0.5) is 10.5 Å². The topological polar surface area (TPSA) is 90.5 Å². The maximum absolute atomic E-state index is 12.1. The van der Waals surface area contributed by atoms with E-state index in [1.54, 1.807) is 17.6 Å². The molecule has 0 bridgehead atoms. The third-order valence-corrected chi connectivity index (χ3v) is 3.33. The Bertz CT molecular complexity index is 657. The largest absolute Gasteiger partial charge is 0.331 e. The standard InChI is InChI=1S/C17H19N3O3/c1-12-7-9-14(10-8-12)18-17(22)19-15(11-16(21)20-23)13-5-3-2-4-6-13/h2-10,15,23H,11H2,1H3,(H,20,21)(H2,18,19,22). The number of amides is 3. The van der Waals surface area contributed by atoms with Gasteiger partial charge in [-0.15, -0.1) is 0 Å². The van der Waals surface area contributed by atoms with E-state index < -0.39 is 18.0 Å². The lowest BCUT2D eigenvalue weighted by Crippen LogP contribution is -2.35. The minimum Gasteiger partial charge on any atom is -0.331 e. The normalized spacial score (nSPS) is 11.4. The van der Waals surface area contributed by atoms with E-state index in [1.165, 1.54) is 0 Å². The van der Waals surface area contributed by atoms with Gasteiger partial charge in [-0.25, -0.2) is 10.3 Å². The van der Waals surface area contributed by atoms with E-state index in [9.17, 15) is 9.59 Å². The molecule has 120 valence electrons. The molecule has 0 saturated heterocycles. The zero-order valence-electron chi connectivity index (χ0n) is 12.7. The van der Waals surface area contributed by atoms with E-state index >= 15 is 0 Å². The van der Waals surface area contributed by atoms with Gasteiger partial charge in [0.1, 0.15) is 0 Å². The molecule has 2 aromatic rings. The number of rotatable bonds is 5. The first-order valence-electron chi connectivity index (χ1n) is 7.20. The predicted octanol–water partition coefficient (Wildman–Crippen LogP) is 2.75. The predicted molar refractivity (Wildman–Crippen MR) is 87.1 cm³/mol. The minimum atomic E-state index is -0.575. The summed E-state index contributed by atoms with van der Waals surface area (Å²) in [7, 11) is 0. The fourth-order valence-corrected chi connectivity index (χ4v) is 2.13. The Hall–Kier alpha value is -2.86. The first kappa shape index (κ1) is 16.5. The highest BCUT2D eigenvalue weighted by molar-refractivity contribution is 5.90. The van der Waals surface area contributed by atoms with Crippen LogP contribution >= 0.6 is 0 Å². The van der Waals surface area contributed by atoms with Gasteiger partial charge in [-0.05, 0) is 24.6 Å². The number of benzene rings is 2. The van der Waals surface area contributed by atoms with E-state index in [0.717, 1.165) is 11.1 Å². The number of hydrogen-bond acceptors (Lipinski definition) is 3. The number of urea groups is 1. The van der Waals surface area contributed by atoms with Crippen LogP contribution in [-0.4, -0.2) is 17.1 Å². The molecule has 2 aromatic carbocycles. The van der Waals surface area contributed by atoms with Crippen molar-refractivity contribution in [2.24, 2.45) is 0 Å². The summed E-state index contributed by atoms with van der Waals surface area (Å²) in [6.45, 7) is 1.96. The van der Waals surface area contributed by atoms with Gasteiger partial charge in [-0.2, -0.15) is 0 Å².